The molecule has 0 atom stereocenters. The van der Waals surface area contributed by atoms with Gasteiger partial charge in [0.1, 0.15) is 11.5 Å². The number of benzene rings is 3. The van der Waals surface area contributed by atoms with Crippen molar-refractivity contribution < 1.29 is 9.47 Å². The first-order valence-electron chi connectivity index (χ1n) is 15.1. The molecule has 0 aliphatic rings. The molecular formula is C36H37N5O6. The van der Waals surface area contributed by atoms with Gasteiger partial charge in [-0.3, -0.25) is 29.1 Å². The van der Waals surface area contributed by atoms with Crippen LogP contribution in [0.4, 0.5) is 0 Å². The van der Waals surface area contributed by atoms with Gasteiger partial charge in [0.15, 0.2) is 0 Å². The summed E-state index contributed by atoms with van der Waals surface area (Å²) >= 11 is 0. The monoisotopic (exact) mass is 635 g/mol. The molecule has 3 N–H and O–H groups in total. The third-order valence-corrected chi connectivity index (χ3v) is 7.17. The van der Waals surface area contributed by atoms with Gasteiger partial charge in [0.25, 0.3) is 11.1 Å². The molecule has 0 aliphatic carbocycles. The molecule has 2 heterocycles. The van der Waals surface area contributed by atoms with Crippen LogP contribution in [0.25, 0.3) is 0 Å². The van der Waals surface area contributed by atoms with Gasteiger partial charge in [-0.05, 0) is 105 Å². The van der Waals surface area contributed by atoms with E-state index in [1.165, 1.54) is 4.57 Å². The zero-order valence-electron chi connectivity index (χ0n) is 27.2. The third kappa shape index (κ3) is 8.64. The number of aromatic amines is 3. The molecule has 5 rings (SSSR count). The lowest BCUT2D eigenvalue weighted by Gasteiger charge is -2.17. The van der Waals surface area contributed by atoms with Crippen LogP contribution in [0, 0.1) is 39.0 Å². The smallest absolute Gasteiger partial charge is 0.331 e. The lowest BCUT2D eigenvalue weighted by atomic mass is 10.1. The average Bonchev–Trinajstić information content (AvgIpc) is 2.98. The number of aromatic nitrogens is 4. The highest BCUT2D eigenvalue weighted by Gasteiger charge is 2.17. The quantitative estimate of drug-likeness (QED) is 0.204. The van der Waals surface area contributed by atoms with Gasteiger partial charge in [0.05, 0.1) is 29.3 Å². The molecule has 3 aromatic carbocycles. The highest BCUT2D eigenvalue weighted by atomic mass is 16.5. The van der Waals surface area contributed by atoms with Crippen molar-refractivity contribution in [3.8, 4) is 29.3 Å². The summed E-state index contributed by atoms with van der Waals surface area (Å²) in [7, 11) is 0. The first kappa shape index (κ1) is 34.0. The highest BCUT2D eigenvalue weighted by molar-refractivity contribution is 5.39. The van der Waals surface area contributed by atoms with Gasteiger partial charge in [-0.1, -0.05) is 38.1 Å². The van der Waals surface area contributed by atoms with Crippen LogP contribution in [0.3, 0.4) is 0 Å². The first-order valence-corrected chi connectivity index (χ1v) is 15.1. The second-order valence-corrected chi connectivity index (χ2v) is 11.2. The average molecular weight is 636 g/mol. The van der Waals surface area contributed by atoms with E-state index in [1.54, 1.807) is 18.2 Å². The predicted octanol–water partition coefficient (Wildman–Crippen LogP) is 5.46. The third-order valence-electron chi connectivity index (χ3n) is 7.17. The molecule has 0 amide bonds. The SMILES string of the molecule is CCc1c(Oc2cc(C)cc(C)c2)[nH]c(=O)[nH]c1=O.CCc1c(Oc2cc(C)cc(C)c2)n(Cc2cccc(C#N)c2)c(=O)[nH]c1=O. The van der Waals surface area contributed by atoms with Crippen molar-refractivity contribution in [3.05, 3.63) is 147 Å². The lowest BCUT2D eigenvalue weighted by Crippen LogP contribution is -2.33. The Balaban J connectivity index is 0.000000229. The first-order chi connectivity index (χ1) is 22.4. The van der Waals surface area contributed by atoms with Crippen molar-refractivity contribution in [2.75, 3.05) is 0 Å². The van der Waals surface area contributed by atoms with Gasteiger partial charge in [-0.15, -0.1) is 0 Å². The minimum Gasteiger partial charge on any atom is -0.440 e. The van der Waals surface area contributed by atoms with Crippen molar-refractivity contribution in [2.45, 2.75) is 60.9 Å². The van der Waals surface area contributed by atoms with Gasteiger partial charge < -0.3 is 9.47 Å². The van der Waals surface area contributed by atoms with Gasteiger partial charge in [0, 0.05) is 0 Å². The zero-order valence-corrected chi connectivity index (χ0v) is 27.2. The van der Waals surface area contributed by atoms with Crippen LogP contribution in [0.5, 0.6) is 23.3 Å². The Kier molecular flexibility index (Phi) is 10.8. The number of hydrogen-bond acceptors (Lipinski definition) is 7. The zero-order chi connectivity index (χ0) is 34.2. The molecule has 0 fully saturated rings. The summed E-state index contributed by atoms with van der Waals surface area (Å²) in [5.74, 6) is 1.61. The lowest BCUT2D eigenvalue weighted by molar-refractivity contribution is 0.413. The van der Waals surface area contributed by atoms with Crippen LogP contribution in [-0.4, -0.2) is 19.5 Å². The van der Waals surface area contributed by atoms with E-state index in [2.05, 4.69) is 21.0 Å². The van der Waals surface area contributed by atoms with Gasteiger partial charge in [0.2, 0.25) is 11.8 Å². The molecule has 0 saturated carbocycles. The predicted molar refractivity (Wildman–Crippen MR) is 180 cm³/mol. The van der Waals surface area contributed by atoms with Crippen LogP contribution in [0.15, 0.2) is 79.8 Å². The number of hydrogen-bond donors (Lipinski definition) is 3. The standard InChI is InChI=1S/C22H21N3O3.C14H16N2O3/c1-4-19-20(26)24-22(27)25(13-17-7-5-6-16(11-17)12-23)21(19)28-18-9-14(2)8-15(3)10-18;1-4-11-12(17)15-14(18)16-13(11)19-10-6-8(2)5-9(3)7-10/h5-11H,4,13H2,1-3H3,(H,24,26,27);5-7H,4H2,1-3H3,(H2,15,16,17,18). The number of nitrogens with zero attached hydrogens (tertiary/aromatic N) is 2. The summed E-state index contributed by atoms with van der Waals surface area (Å²) in [6.07, 6.45) is 0.889. The second-order valence-electron chi connectivity index (χ2n) is 11.2. The Morgan fingerprint density at radius 3 is 1.81 bits per heavy atom. The molecule has 0 radical (unpaired) electrons. The van der Waals surface area contributed by atoms with Gasteiger partial charge in [-0.2, -0.15) is 5.26 Å². The Morgan fingerprint density at radius 1 is 0.702 bits per heavy atom. The topological polar surface area (TPSA) is 163 Å². The maximum absolute atomic E-state index is 12.6. The van der Waals surface area contributed by atoms with E-state index in [4.69, 9.17) is 14.7 Å². The molecule has 0 unspecified atom stereocenters. The molecule has 11 heteroatoms. The molecule has 11 nitrogen and oxygen atoms in total. The summed E-state index contributed by atoms with van der Waals surface area (Å²) < 4.78 is 13.1. The number of nitriles is 1. The van der Waals surface area contributed by atoms with E-state index >= 15 is 0 Å². The fraction of sp³-hybridized carbons (Fsp3) is 0.250. The van der Waals surface area contributed by atoms with Crippen LogP contribution >= 0.6 is 0 Å². The van der Waals surface area contributed by atoms with Crippen LogP contribution in [-0.2, 0) is 19.4 Å². The van der Waals surface area contributed by atoms with Crippen molar-refractivity contribution in [3.63, 3.8) is 0 Å². The number of nitrogens with one attached hydrogen (secondary N) is 3. The van der Waals surface area contributed by atoms with E-state index < -0.39 is 22.5 Å². The van der Waals surface area contributed by atoms with E-state index in [0.717, 1.165) is 27.8 Å². The van der Waals surface area contributed by atoms with E-state index in [0.29, 0.717) is 41.0 Å². The molecule has 2 aromatic heterocycles. The van der Waals surface area contributed by atoms with Crippen molar-refractivity contribution >= 4 is 0 Å². The van der Waals surface area contributed by atoms with Crippen molar-refractivity contribution in [2.24, 2.45) is 0 Å². The van der Waals surface area contributed by atoms with Gasteiger partial charge >= 0.3 is 11.4 Å². The van der Waals surface area contributed by atoms with Crippen LogP contribution in [0.1, 0.15) is 58.4 Å². The minimum absolute atomic E-state index is 0.179. The maximum atomic E-state index is 12.6. The summed E-state index contributed by atoms with van der Waals surface area (Å²) in [6.45, 7) is 11.7. The fourth-order valence-electron chi connectivity index (χ4n) is 5.20. The molecule has 5 aromatic rings. The van der Waals surface area contributed by atoms with Crippen LogP contribution < -0.4 is 32.0 Å². The molecular weight excluding hydrogens is 598 g/mol. The molecule has 47 heavy (non-hydrogen) atoms. The largest absolute Gasteiger partial charge is 0.440 e. The van der Waals surface area contributed by atoms with E-state index in [-0.39, 0.29) is 18.3 Å². The summed E-state index contributed by atoms with van der Waals surface area (Å²) in [4.78, 5) is 55.0. The summed E-state index contributed by atoms with van der Waals surface area (Å²) in [5.41, 5.74) is 4.27. The maximum Gasteiger partial charge on any atom is 0.331 e. The van der Waals surface area contributed by atoms with Crippen molar-refractivity contribution in [1.82, 2.24) is 19.5 Å². The van der Waals surface area contributed by atoms with Crippen LogP contribution in [0.2, 0.25) is 0 Å². The molecule has 0 spiro atoms. The molecule has 242 valence electrons. The van der Waals surface area contributed by atoms with E-state index in [1.807, 2.05) is 84.0 Å². The molecule has 0 saturated heterocycles. The number of ether oxygens (including phenoxy) is 2. The fourth-order valence-corrected chi connectivity index (χ4v) is 5.20. The van der Waals surface area contributed by atoms with Gasteiger partial charge in [-0.25, -0.2) is 9.59 Å². The Bertz CT molecular complexity index is 2160. The highest BCUT2D eigenvalue weighted by Crippen LogP contribution is 2.26. The Labute approximate surface area is 271 Å². The summed E-state index contributed by atoms with van der Waals surface area (Å²) in [6, 6.07) is 20.6. The van der Waals surface area contributed by atoms with Crippen molar-refractivity contribution in [1.29, 1.82) is 5.26 Å². The number of rotatable bonds is 8. The Hall–Kier alpha value is -5.89. The normalized spacial score (nSPS) is 10.5. The number of H-pyrrole nitrogens is 3. The summed E-state index contributed by atoms with van der Waals surface area (Å²) in [5, 5.41) is 9.11. The molecule has 0 aliphatic heterocycles. The Morgan fingerprint density at radius 2 is 1.26 bits per heavy atom. The minimum atomic E-state index is -0.568. The second kappa shape index (κ2) is 14.9. The molecule has 0 bridgehead atoms. The number of aryl methyl sites for hydroxylation is 4. The van der Waals surface area contributed by atoms with E-state index in [9.17, 15) is 19.2 Å².